The van der Waals surface area contributed by atoms with Gasteiger partial charge < -0.3 is 16.0 Å². The minimum atomic E-state index is -0.0199. The van der Waals surface area contributed by atoms with Gasteiger partial charge in [0.25, 0.3) is 0 Å². The maximum absolute atomic E-state index is 11.6. The molecule has 26 heavy (non-hydrogen) atoms. The predicted octanol–water partition coefficient (Wildman–Crippen LogP) is 2.54. The van der Waals surface area contributed by atoms with Gasteiger partial charge in [-0.1, -0.05) is 6.58 Å². The van der Waals surface area contributed by atoms with E-state index in [9.17, 15) is 4.79 Å². The molecule has 1 amide bonds. The van der Waals surface area contributed by atoms with Gasteiger partial charge in [0.2, 0.25) is 5.91 Å². The van der Waals surface area contributed by atoms with Gasteiger partial charge in [0.05, 0.1) is 12.6 Å². The van der Waals surface area contributed by atoms with Gasteiger partial charge in [-0.25, -0.2) is 4.98 Å². The third kappa shape index (κ3) is 3.05. The third-order valence-electron chi connectivity index (χ3n) is 5.06. The Kier molecular flexibility index (Phi) is 3.48. The molecule has 7 heteroatoms. The van der Waals surface area contributed by atoms with Gasteiger partial charge in [-0.3, -0.25) is 4.79 Å². The molecule has 2 aliphatic carbocycles. The second-order valence-corrected chi connectivity index (χ2v) is 7.48. The number of nitrogens with zero attached hydrogens (tertiary/aromatic N) is 3. The molecule has 0 spiro atoms. The molecule has 134 valence electrons. The number of amides is 1. The van der Waals surface area contributed by atoms with Crippen LogP contribution < -0.4 is 16.0 Å². The largest absolute Gasteiger partial charge is 0.370 e. The van der Waals surface area contributed by atoms with Crippen molar-refractivity contribution in [1.29, 1.82) is 0 Å². The smallest absolute Gasteiger partial charge is 0.228 e. The van der Waals surface area contributed by atoms with Crippen molar-refractivity contribution in [2.24, 2.45) is 5.92 Å². The molecule has 7 nitrogen and oxygen atoms in total. The Balaban J connectivity index is 1.53. The summed E-state index contributed by atoms with van der Waals surface area (Å²) in [6.07, 6.45) is 9.10. The SMILES string of the molecule is C=C1NC(=O)C/C1=C\c1cnn2c(NC3CC3)cc(NCC3CC3)nc12. The van der Waals surface area contributed by atoms with E-state index >= 15 is 0 Å². The van der Waals surface area contributed by atoms with Crippen LogP contribution in [-0.2, 0) is 4.79 Å². The monoisotopic (exact) mass is 350 g/mol. The van der Waals surface area contributed by atoms with Crippen molar-refractivity contribution < 1.29 is 4.79 Å². The molecular formula is C19H22N6O. The molecule has 0 atom stereocenters. The number of anilines is 2. The first-order chi connectivity index (χ1) is 12.7. The summed E-state index contributed by atoms with van der Waals surface area (Å²) in [5, 5.41) is 14.3. The van der Waals surface area contributed by atoms with Crippen LogP contribution in [0, 0.1) is 5.92 Å². The van der Waals surface area contributed by atoms with Crippen LogP contribution in [0.15, 0.2) is 30.1 Å². The number of fused-ring (bicyclic) bond motifs is 1. The number of rotatable bonds is 6. The first-order valence-electron chi connectivity index (χ1n) is 9.24. The lowest BCUT2D eigenvalue weighted by atomic mass is 10.1. The van der Waals surface area contributed by atoms with Crippen LogP contribution in [-0.4, -0.2) is 33.1 Å². The van der Waals surface area contributed by atoms with Gasteiger partial charge in [-0.05, 0) is 43.3 Å². The lowest BCUT2D eigenvalue weighted by Gasteiger charge is -2.11. The Bertz CT molecular complexity index is 935. The molecule has 0 radical (unpaired) electrons. The van der Waals surface area contributed by atoms with Crippen molar-refractivity contribution in [3.63, 3.8) is 0 Å². The minimum absolute atomic E-state index is 0.0199. The molecule has 1 aliphatic heterocycles. The summed E-state index contributed by atoms with van der Waals surface area (Å²) in [7, 11) is 0. The molecular weight excluding hydrogens is 328 g/mol. The topological polar surface area (TPSA) is 83.4 Å². The van der Waals surface area contributed by atoms with E-state index in [0.717, 1.165) is 40.9 Å². The zero-order valence-electron chi connectivity index (χ0n) is 14.6. The quantitative estimate of drug-likeness (QED) is 0.746. The fourth-order valence-corrected chi connectivity index (χ4v) is 3.18. The Morgan fingerprint density at radius 3 is 2.88 bits per heavy atom. The van der Waals surface area contributed by atoms with Crippen LogP contribution in [0.25, 0.3) is 11.7 Å². The number of hydrogen-bond acceptors (Lipinski definition) is 5. The molecule has 0 aromatic carbocycles. The normalized spacial score (nSPS) is 21.5. The number of aromatic nitrogens is 3. The highest BCUT2D eigenvalue weighted by Gasteiger charge is 2.25. The Morgan fingerprint density at radius 2 is 2.19 bits per heavy atom. The molecule has 0 unspecified atom stereocenters. The molecule has 2 aromatic rings. The average Bonchev–Trinajstić information content (AvgIpc) is 3.52. The van der Waals surface area contributed by atoms with Crippen LogP contribution in [0.2, 0.25) is 0 Å². The number of hydrogen-bond donors (Lipinski definition) is 3. The van der Waals surface area contributed by atoms with E-state index in [0.29, 0.717) is 18.2 Å². The summed E-state index contributed by atoms with van der Waals surface area (Å²) in [6, 6.07) is 2.57. The summed E-state index contributed by atoms with van der Waals surface area (Å²) in [4.78, 5) is 16.4. The standard InChI is InChI=1S/C19H22N6O/c1-11-13(7-18(26)22-11)6-14-10-21-25-17(23-15-4-5-15)8-16(24-19(14)25)20-9-12-2-3-12/h6,8,10,12,15,23H,1-5,7,9H2,(H,20,24)(H,22,26)/b13-6+. The molecule has 3 fully saturated rings. The van der Waals surface area contributed by atoms with Crippen molar-refractivity contribution in [2.75, 3.05) is 17.2 Å². The molecule has 2 aromatic heterocycles. The summed E-state index contributed by atoms with van der Waals surface area (Å²) in [5.41, 5.74) is 3.23. The Morgan fingerprint density at radius 1 is 1.35 bits per heavy atom. The second-order valence-electron chi connectivity index (χ2n) is 7.48. The zero-order chi connectivity index (χ0) is 17.7. The third-order valence-corrected chi connectivity index (χ3v) is 5.06. The van der Waals surface area contributed by atoms with Gasteiger partial charge >= 0.3 is 0 Å². The van der Waals surface area contributed by atoms with E-state index in [1.165, 1.54) is 25.7 Å². The van der Waals surface area contributed by atoms with E-state index < -0.39 is 0 Å². The van der Waals surface area contributed by atoms with Crippen LogP contribution in [0.5, 0.6) is 0 Å². The average molecular weight is 350 g/mol. The van der Waals surface area contributed by atoms with E-state index in [1.807, 2.05) is 16.7 Å². The Labute approximate surface area is 151 Å². The number of allylic oxidation sites excluding steroid dienone is 1. The summed E-state index contributed by atoms with van der Waals surface area (Å²) in [6.45, 7) is 4.88. The molecule has 3 N–H and O–H groups in total. The van der Waals surface area contributed by atoms with E-state index in [2.05, 4.69) is 27.6 Å². The lowest BCUT2D eigenvalue weighted by molar-refractivity contribution is -0.118. The first-order valence-corrected chi connectivity index (χ1v) is 9.24. The van der Waals surface area contributed by atoms with Gasteiger partial charge in [0.1, 0.15) is 11.6 Å². The highest BCUT2D eigenvalue weighted by atomic mass is 16.1. The van der Waals surface area contributed by atoms with Gasteiger partial charge in [-0.2, -0.15) is 9.61 Å². The second kappa shape index (κ2) is 5.86. The zero-order valence-corrected chi connectivity index (χ0v) is 14.6. The van der Waals surface area contributed by atoms with Crippen molar-refractivity contribution >= 4 is 29.3 Å². The van der Waals surface area contributed by atoms with Gasteiger partial charge in [-0.15, -0.1) is 0 Å². The Hall–Kier alpha value is -2.83. The molecule has 1 saturated heterocycles. The highest BCUT2D eigenvalue weighted by molar-refractivity contribution is 5.89. The molecule has 0 bridgehead atoms. The van der Waals surface area contributed by atoms with E-state index in [1.54, 1.807) is 6.20 Å². The number of carbonyl (C=O) groups excluding carboxylic acids is 1. The van der Waals surface area contributed by atoms with E-state index in [-0.39, 0.29) is 5.91 Å². The molecule has 3 aliphatic rings. The molecule has 5 rings (SSSR count). The minimum Gasteiger partial charge on any atom is -0.370 e. The molecule has 3 heterocycles. The summed E-state index contributed by atoms with van der Waals surface area (Å²) in [5.74, 6) is 2.58. The molecule has 2 saturated carbocycles. The van der Waals surface area contributed by atoms with Crippen LogP contribution in [0.4, 0.5) is 11.6 Å². The fourth-order valence-electron chi connectivity index (χ4n) is 3.18. The van der Waals surface area contributed by atoms with Crippen LogP contribution in [0.1, 0.15) is 37.7 Å². The predicted molar refractivity (Wildman–Crippen MR) is 101 cm³/mol. The fraction of sp³-hybridized carbons (Fsp3) is 0.421. The van der Waals surface area contributed by atoms with Crippen LogP contribution >= 0.6 is 0 Å². The van der Waals surface area contributed by atoms with Gasteiger partial charge in [0.15, 0.2) is 5.65 Å². The number of carbonyl (C=O) groups is 1. The first kappa shape index (κ1) is 15.4. The lowest BCUT2D eigenvalue weighted by Crippen LogP contribution is -2.11. The maximum Gasteiger partial charge on any atom is 0.228 e. The van der Waals surface area contributed by atoms with Crippen molar-refractivity contribution in [3.8, 4) is 0 Å². The van der Waals surface area contributed by atoms with Crippen LogP contribution in [0.3, 0.4) is 0 Å². The van der Waals surface area contributed by atoms with Gasteiger partial charge in [0, 0.05) is 29.9 Å². The number of nitrogens with one attached hydrogen (secondary N) is 3. The summed E-state index contributed by atoms with van der Waals surface area (Å²) >= 11 is 0. The maximum atomic E-state index is 11.6. The van der Waals surface area contributed by atoms with E-state index in [4.69, 9.17) is 4.98 Å². The van der Waals surface area contributed by atoms with Crippen molar-refractivity contribution in [2.45, 2.75) is 38.1 Å². The summed E-state index contributed by atoms with van der Waals surface area (Å²) < 4.78 is 1.85. The highest BCUT2D eigenvalue weighted by Crippen LogP contribution is 2.31. The van der Waals surface area contributed by atoms with Crippen molar-refractivity contribution in [1.82, 2.24) is 19.9 Å². The van der Waals surface area contributed by atoms with Crippen molar-refractivity contribution in [3.05, 3.63) is 35.7 Å².